The van der Waals surface area contributed by atoms with Crippen LogP contribution in [-0.4, -0.2) is 24.5 Å². The van der Waals surface area contributed by atoms with E-state index in [-0.39, 0.29) is 5.75 Å². The van der Waals surface area contributed by atoms with Gasteiger partial charge < -0.3 is 19.3 Å². The number of rotatable bonds is 1. The highest BCUT2D eigenvalue weighted by molar-refractivity contribution is 5.64. The maximum Gasteiger partial charge on any atom is 0.511 e. The summed E-state index contributed by atoms with van der Waals surface area (Å²) in [6.45, 7) is 0.858. The van der Waals surface area contributed by atoms with Crippen LogP contribution in [0.4, 0.5) is 4.79 Å². The molecule has 0 aliphatic carbocycles. The SMILES string of the molecule is O=C(O)Oc1cccc2c1OCCO2. The zero-order valence-corrected chi connectivity index (χ0v) is 7.23. The van der Waals surface area contributed by atoms with Crippen molar-refractivity contribution >= 4 is 6.16 Å². The van der Waals surface area contributed by atoms with E-state index in [1.54, 1.807) is 12.1 Å². The van der Waals surface area contributed by atoms with Crippen LogP contribution in [0.2, 0.25) is 0 Å². The lowest BCUT2D eigenvalue weighted by Crippen LogP contribution is -2.16. The Hall–Kier alpha value is -1.91. The van der Waals surface area contributed by atoms with Gasteiger partial charge in [-0.2, -0.15) is 0 Å². The van der Waals surface area contributed by atoms with Gasteiger partial charge >= 0.3 is 6.16 Å². The molecule has 0 bridgehead atoms. The first-order valence-corrected chi connectivity index (χ1v) is 4.07. The minimum absolute atomic E-state index is 0.162. The van der Waals surface area contributed by atoms with Crippen molar-refractivity contribution in [1.29, 1.82) is 0 Å². The molecular formula is C9H8O5. The van der Waals surface area contributed by atoms with Gasteiger partial charge in [-0.05, 0) is 12.1 Å². The number of carboxylic acid groups (broad SMARTS) is 1. The summed E-state index contributed by atoms with van der Waals surface area (Å²) < 4.78 is 15.0. The van der Waals surface area contributed by atoms with Crippen LogP contribution in [0, 0.1) is 0 Å². The minimum atomic E-state index is -1.37. The molecule has 0 saturated heterocycles. The second-order valence-electron chi connectivity index (χ2n) is 2.65. The Labute approximate surface area is 79.8 Å². The Morgan fingerprint density at radius 3 is 2.93 bits per heavy atom. The molecule has 0 fully saturated rings. The van der Waals surface area contributed by atoms with Gasteiger partial charge in [0.2, 0.25) is 5.75 Å². The average molecular weight is 196 g/mol. The molecule has 2 rings (SSSR count). The first-order chi connectivity index (χ1) is 6.77. The van der Waals surface area contributed by atoms with Gasteiger partial charge in [-0.25, -0.2) is 4.79 Å². The summed E-state index contributed by atoms with van der Waals surface area (Å²) in [5.74, 6) is 1.02. The van der Waals surface area contributed by atoms with Gasteiger partial charge in [0.1, 0.15) is 13.2 Å². The van der Waals surface area contributed by atoms with Crippen LogP contribution in [0.1, 0.15) is 0 Å². The van der Waals surface area contributed by atoms with E-state index in [0.29, 0.717) is 24.7 Å². The fourth-order valence-electron chi connectivity index (χ4n) is 1.22. The van der Waals surface area contributed by atoms with Crippen LogP contribution in [-0.2, 0) is 0 Å². The van der Waals surface area contributed by atoms with E-state index in [4.69, 9.17) is 14.6 Å². The minimum Gasteiger partial charge on any atom is -0.486 e. The molecule has 1 aromatic carbocycles. The normalized spacial score (nSPS) is 13.4. The molecule has 0 aromatic heterocycles. The Morgan fingerprint density at radius 1 is 1.36 bits per heavy atom. The predicted molar refractivity (Wildman–Crippen MR) is 46.1 cm³/mol. The standard InChI is InChI=1S/C9H8O5/c10-9(11)14-7-3-1-2-6-8(7)13-5-4-12-6/h1-3H,4-5H2,(H,10,11). The van der Waals surface area contributed by atoms with Crippen LogP contribution < -0.4 is 14.2 Å². The summed E-state index contributed by atoms with van der Waals surface area (Å²) in [7, 11) is 0. The van der Waals surface area contributed by atoms with Crippen molar-refractivity contribution < 1.29 is 24.1 Å². The van der Waals surface area contributed by atoms with Gasteiger partial charge in [-0.15, -0.1) is 0 Å². The molecule has 1 aromatic rings. The highest BCUT2D eigenvalue weighted by Gasteiger charge is 2.18. The molecule has 0 radical (unpaired) electrons. The van der Waals surface area contributed by atoms with Gasteiger partial charge in [0.15, 0.2) is 11.5 Å². The lowest BCUT2D eigenvalue weighted by Gasteiger charge is -2.19. The molecule has 0 atom stereocenters. The van der Waals surface area contributed by atoms with Crippen LogP contribution in [0.25, 0.3) is 0 Å². The summed E-state index contributed by atoms with van der Waals surface area (Å²) in [5.41, 5.74) is 0. The average Bonchev–Trinajstić information content (AvgIpc) is 2.18. The van der Waals surface area contributed by atoms with E-state index in [2.05, 4.69) is 4.74 Å². The molecular weight excluding hydrogens is 188 g/mol. The Morgan fingerprint density at radius 2 is 2.14 bits per heavy atom. The molecule has 0 amide bonds. The molecule has 1 aliphatic heterocycles. The fraction of sp³-hybridized carbons (Fsp3) is 0.222. The van der Waals surface area contributed by atoms with Gasteiger partial charge in [0, 0.05) is 0 Å². The molecule has 1 heterocycles. The van der Waals surface area contributed by atoms with E-state index < -0.39 is 6.16 Å². The van der Waals surface area contributed by atoms with E-state index in [1.807, 2.05) is 0 Å². The number of hydrogen-bond donors (Lipinski definition) is 1. The molecule has 5 nitrogen and oxygen atoms in total. The molecule has 5 heteroatoms. The largest absolute Gasteiger partial charge is 0.511 e. The van der Waals surface area contributed by atoms with Gasteiger partial charge in [-0.1, -0.05) is 6.07 Å². The fourth-order valence-corrected chi connectivity index (χ4v) is 1.22. The van der Waals surface area contributed by atoms with Crippen LogP contribution in [0.3, 0.4) is 0 Å². The maximum absolute atomic E-state index is 10.3. The van der Waals surface area contributed by atoms with Crippen molar-refractivity contribution in [3.63, 3.8) is 0 Å². The summed E-state index contributed by atoms with van der Waals surface area (Å²) in [5, 5.41) is 8.45. The zero-order chi connectivity index (χ0) is 9.97. The molecule has 0 saturated carbocycles. The van der Waals surface area contributed by atoms with E-state index in [9.17, 15) is 4.79 Å². The number of benzene rings is 1. The zero-order valence-electron chi connectivity index (χ0n) is 7.23. The lowest BCUT2D eigenvalue weighted by molar-refractivity contribution is 0.134. The summed E-state index contributed by atoms with van der Waals surface area (Å²) >= 11 is 0. The highest BCUT2D eigenvalue weighted by atomic mass is 16.7. The summed E-state index contributed by atoms with van der Waals surface area (Å²) in [4.78, 5) is 10.3. The number of hydrogen-bond acceptors (Lipinski definition) is 4. The van der Waals surface area contributed by atoms with Crippen molar-refractivity contribution in [1.82, 2.24) is 0 Å². The Bertz CT molecular complexity index is 360. The molecule has 14 heavy (non-hydrogen) atoms. The van der Waals surface area contributed by atoms with Gasteiger partial charge in [-0.3, -0.25) is 0 Å². The van der Waals surface area contributed by atoms with E-state index in [0.717, 1.165) is 0 Å². The van der Waals surface area contributed by atoms with Crippen molar-refractivity contribution in [3.05, 3.63) is 18.2 Å². The highest BCUT2D eigenvalue weighted by Crippen LogP contribution is 2.38. The van der Waals surface area contributed by atoms with E-state index >= 15 is 0 Å². The maximum atomic E-state index is 10.3. The van der Waals surface area contributed by atoms with Crippen LogP contribution in [0.5, 0.6) is 17.2 Å². The first-order valence-electron chi connectivity index (χ1n) is 4.07. The molecule has 1 aliphatic rings. The van der Waals surface area contributed by atoms with Crippen molar-refractivity contribution in [2.24, 2.45) is 0 Å². The monoisotopic (exact) mass is 196 g/mol. The predicted octanol–water partition coefficient (Wildman–Crippen LogP) is 1.51. The second-order valence-corrected chi connectivity index (χ2v) is 2.65. The first kappa shape index (κ1) is 8.68. The Balaban J connectivity index is 2.35. The number of para-hydroxylation sites is 1. The number of fused-ring (bicyclic) bond motifs is 1. The smallest absolute Gasteiger partial charge is 0.486 e. The topological polar surface area (TPSA) is 65.0 Å². The molecule has 74 valence electrons. The third-order valence-electron chi connectivity index (χ3n) is 1.73. The quantitative estimate of drug-likeness (QED) is 0.544. The Kier molecular flexibility index (Phi) is 2.14. The third-order valence-corrected chi connectivity index (χ3v) is 1.73. The number of ether oxygens (including phenoxy) is 3. The second kappa shape index (κ2) is 3.45. The molecule has 1 N–H and O–H groups in total. The summed E-state index contributed by atoms with van der Waals surface area (Å²) in [6, 6.07) is 4.86. The molecule has 0 unspecified atom stereocenters. The van der Waals surface area contributed by atoms with Gasteiger partial charge in [0.05, 0.1) is 0 Å². The molecule has 0 spiro atoms. The summed E-state index contributed by atoms with van der Waals surface area (Å²) in [6.07, 6.45) is -1.37. The van der Waals surface area contributed by atoms with E-state index in [1.165, 1.54) is 6.07 Å². The van der Waals surface area contributed by atoms with Crippen LogP contribution in [0.15, 0.2) is 18.2 Å². The van der Waals surface area contributed by atoms with Gasteiger partial charge in [0.25, 0.3) is 0 Å². The third kappa shape index (κ3) is 1.56. The van der Waals surface area contributed by atoms with Crippen molar-refractivity contribution in [2.75, 3.05) is 13.2 Å². The van der Waals surface area contributed by atoms with Crippen molar-refractivity contribution in [3.8, 4) is 17.2 Å². The lowest BCUT2D eigenvalue weighted by atomic mass is 10.3. The van der Waals surface area contributed by atoms with Crippen molar-refractivity contribution in [2.45, 2.75) is 0 Å². The van der Waals surface area contributed by atoms with Crippen LogP contribution >= 0.6 is 0 Å². The number of carbonyl (C=O) groups is 1.